The van der Waals surface area contributed by atoms with Crippen molar-refractivity contribution in [3.05, 3.63) is 34.9 Å². The molecule has 23 heavy (non-hydrogen) atoms. The van der Waals surface area contributed by atoms with Gasteiger partial charge in [0.25, 0.3) is 5.91 Å². The van der Waals surface area contributed by atoms with Crippen molar-refractivity contribution in [1.29, 1.82) is 0 Å². The van der Waals surface area contributed by atoms with Gasteiger partial charge in [-0.25, -0.2) is 0 Å². The average molecular weight is 337 g/mol. The summed E-state index contributed by atoms with van der Waals surface area (Å²) in [4.78, 5) is 14.4. The van der Waals surface area contributed by atoms with Crippen LogP contribution in [0.3, 0.4) is 0 Å². The van der Waals surface area contributed by atoms with Crippen molar-refractivity contribution in [3.8, 4) is 0 Å². The Bertz CT molecular complexity index is 532. The highest BCUT2D eigenvalue weighted by Crippen LogP contribution is 2.30. The first-order valence-corrected chi connectivity index (χ1v) is 8.93. The molecule has 4 nitrogen and oxygen atoms in total. The number of benzene rings is 1. The van der Waals surface area contributed by atoms with Gasteiger partial charge in [-0.2, -0.15) is 0 Å². The fraction of sp³-hybridized carbons (Fsp3) is 0.611. The minimum Gasteiger partial charge on any atom is -0.394 e. The molecule has 1 aliphatic heterocycles. The van der Waals surface area contributed by atoms with Gasteiger partial charge in [0.15, 0.2) is 0 Å². The summed E-state index contributed by atoms with van der Waals surface area (Å²) in [6, 6.07) is 7.49. The summed E-state index contributed by atoms with van der Waals surface area (Å²) in [7, 11) is 0. The Morgan fingerprint density at radius 1 is 1.22 bits per heavy atom. The number of halogens is 1. The number of hydrogen-bond donors (Lipinski definition) is 2. The third-order valence-electron chi connectivity index (χ3n) is 5.25. The molecule has 0 radical (unpaired) electrons. The Morgan fingerprint density at radius 3 is 2.39 bits per heavy atom. The summed E-state index contributed by atoms with van der Waals surface area (Å²) < 4.78 is 0. The molecule has 0 aromatic heterocycles. The molecule has 1 heterocycles. The van der Waals surface area contributed by atoms with Gasteiger partial charge in [-0.1, -0.05) is 24.4 Å². The molecule has 5 heteroatoms. The van der Waals surface area contributed by atoms with Crippen LogP contribution >= 0.6 is 11.6 Å². The van der Waals surface area contributed by atoms with Crippen LogP contribution in [0.15, 0.2) is 24.3 Å². The van der Waals surface area contributed by atoms with Crippen molar-refractivity contribution in [3.63, 3.8) is 0 Å². The zero-order valence-corrected chi connectivity index (χ0v) is 14.2. The number of aliphatic hydroxyl groups is 1. The van der Waals surface area contributed by atoms with Crippen molar-refractivity contribution < 1.29 is 9.90 Å². The summed E-state index contributed by atoms with van der Waals surface area (Å²) >= 11 is 5.88. The Labute approximate surface area is 142 Å². The van der Waals surface area contributed by atoms with Gasteiger partial charge in [0.1, 0.15) is 0 Å². The van der Waals surface area contributed by atoms with Crippen molar-refractivity contribution in [1.82, 2.24) is 10.2 Å². The van der Waals surface area contributed by atoms with Crippen LogP contribution in [-0.4, -0.2) is 47.2 Å². The van der Waals surface area contributed by atoms with Gasteiger partial charge in [-0.3, -0.25) is 4.79 Å². The molecule has 2 fully saturated rings. The molecule has 1 aromatic rings. The predicted octanol–water partition coefficient (Wildman–Crippen LogP) is 2.84. The molecule has 1 aromatic carbocycles. The monoisotopic (exact) mass is 336 g/mol. The third kappa shape index (κ3) is 3.87. The summed E-state index contributed by atoms with van der Waals surface area (Å²) in [5.74, 6) is 0.0813. The van der Waals surface area contributed by atoms with Gasteiger partial charge in [-0.15, -0.1) is 0 Å². The number of aliphatic hydroxyl groups excluding tert-OH is 1. The molecule has 0 atom stereocenters. The van der Waals surface area contributed by atoms with E-state index in [-0.39, 0.29) is 18.1 Å². The molecule has 1 saturated carbocycles. The van der Waals surface area contributed by atoms with E-state index in [2.05, 4.69) is 5.32 Å². The second kappa shape index (κ2) is 7.20. The van der Waals surface area contributed by atoms with Gasteiger partial charge < -0.3 is 15.3 Å². The maximum Gasteiger partial charge on any atom is 0.253 e. The van der Waals surface area contributed by atoms with Crippen molar-refractivity contribution >= 4 is 17.5 Å². The minimum absolute atomic E-state index is 0.0764. The molecule has 2 aliphatic rings. The molecule has 3 rings (SSSR count). The maximum absolute atomic E-state index is 12.5. The highest BCUT2D eigenvalue weighted by Gasteiger charge is 2.36. The number of hydrogen-bond acceptors (Lipinski definition) is 3. The Balaban J connectivity index is 1.54. The van der Waals surface area contributed by atoms with Gasteiger partial charge >= 0.3 is 0 Å². The molecule has 0 spiro atoms. The molecular weight excluding hydrogens is 312 g/mol. The number of carbonyl (C=O) groups is 1. The lowest BCUT2D eigenvalue weighted by molar-refractivity contribution is 0.0675. The lowest BCUT2D eigenvalue weighted by Crippen LogP contribution is -2.54. The van der Waals surface area contributed by atoms with E-state index in [1.165, 1.54) is 12.8 Å². The van der Waals surface area contributed by atoms with Gasteiger partial charge in [-0.05, 0) is 49.9 Å². The topological polar surface area (TPSA) is 52.6 Å². The third-order valence-corrected chi connectivity index (χ3v) is 5.50. The minimum atomic E-state index is -0.0764. The number of piperidine rings is 1. The van der Waals surface area contributed by atoms with Gasteiger partial charge in [0.05, 0.1) is 6.61 Å². The predicted molar refractivity (Wildman–Crippen MR) is 91.8 cm³/mol. The van der Waals surface area contributed by atoms with Crippen LogP contribution in [0.25, 0.3) is 0 Å². The number of nitrogens with zero attached hydrogens (tertiary/aromatic N) is 1. The molecule has 0 bridgehead atoms. The van der Waals surface area contributed by atoms with Crippen LogP contribution in [-0.2, 0) is 0 Å². The number of likely N-dealkylation sites (tertiary alicyclic amines) is 1. The van der Waals surface area contributed by atoms with E-state index < -0.39 is 0 Å². The second-order valence-electron chi connectivity index (χ2n) is 6.86. The van der Waals surface area contributed by atoms with Crippen molar-refractivity contribution in [2.45, 2.75) is 50.1 Å². The van der Waals surface area contributed by atoms with Crippen LogP contribution in [0.4, 0.5) is 0 Å². The Kier molecular flexibility index (Phi) is 5.24. The highest BCUT2D eigenvalue weighted by atomic mass is 35.5. The highest BCUT2D eigenvalue weighted by molar-refractivity contribution is 6.30. The van der Waals surface area contributed by atoms with E-state index in [4.69, 9.17) is 11.6 Å². The van der Waals surface area contributed by atoms with E-state index in [0.717, 1.165) is 38.8 Å². The van der Waals surface area contributed by atoms with Crippen LogP contribution in [0.2, 0.25) is 5.02 Å². The normalized spacial score (nSPS) is 21.6. The summed E-state index contributed by atoms with van der Waals surface area (Å²) in [5, 5.41) is 14.1. The fourth-order valence-electron chi connectivity index (χ4n) is 3.83. The van der Waals surface area contributed by atoms with Gasteiger partial charge in [0.2, 0.25) is 0 Å². The molecular formula is C18H25ClN2O2. The summed E-state index contributed by atoms with van der Waals surface area (Å²) in [6.07, 6.45) is 6.41. The zero-order valence-electron chi connectivity index (χ0n) is 13.4. The Hall–Kier alpha value is -1.10. The molecule has 1 saturated heterocycles. The standard InChI is InChI=1S/C18H25ClN2O2/c19-15-5-3-14(4-6-15)17(23)21-11-7-16(8-12-21)20-18(13-22)9-1-2-10-18/h3-6,16,20,22H,1-2,7-13H2. The number of rotatable bonds is 4. The first kappa shape index (κ1) is 16.7. The molecule has 126 valence electrons. The summed E-state index contributed by atoms with van der Waals surface area (Å²) in [5.41, 5.74) is 0.621. The van der Waals surface area contributed by atoms with Crippen LogP contribution < -0.4 is 5.32 Å². The zero-order chi connectivity index (χ0) is 16.3. The van der Waals surface area contributed by atoms with Crippen LogP contribution in [0.5, 0.6) is 0 Å². The second-order valence-corrected chi connectivity index (χ2v) is 7.30. The van der Waals surface area contributed by atoms with Crippen LogP contribution in [0.1, 0.15) is 48.9 Å². The first-order valence-electron chi connectivity index (χ1n) is 8.55. The van der Waals surface area contributed by atoms with Crippen LogP contribution in [0, 0.1) is 0 Å². The fourth-order valence-corrected chi connectivity index (χ4v) is 3.96. The van der Waals surface area contributed by atoms with Crippen molar-refractivity contribution in [2.24, 2.45) is 0 Å². The van der Waals surface area contributed by atoms with E-state index in [1.807, 2.05) is 4.90 Å². The quantitative estimate of drug-likeness (QED) is 0.889. The molecule has 2 N–H and O–H groups in total. The molecule has 1 aliphatic carbocycles. The largest absolute Gasteiger partial charge is 0.394 e. The number of amides is 1. The molecule has 1 amide bonds. The first-order chi connectivity index (χ1) is 11.1. The van der Waals surface area contributed by atoms with Gasteiger partial charge in [0, 0.05) is 35.3 Å². The van der Waals surface area contributed by atoms with E-state index >= 15 is 0 Å². The molecule has 0 unspecified atom stereocenters. The van der Waals surface area contributed by atoms with Crippen molar-refractivity contribution in [2.75, 3.05) is 19.7 Å². The SMILES string of the molecule is O=C(c1ccc(Cl)cc1)N1CCC(NC2(CO)CCCC2)CC1. The Morgan fingerprint density at radius 2 is 1.83 bits per heavy atom. The number of carbonyl (C=O) groups excluding carboxylic acids is 1. The smallest absolute Gasteiger partial charge is 0.253 e. The van der Waals surface area contributed by atoms with E-state index in [9.17, 15) is 9.90 Å². The average Bonchev–Trinajstić information content (AvgIpc) is 3.05. The lowest BCUT2D eigenvalue weighted by Gasteiger charge is -2.38. The lowest BCUT2D eigenvalue weighted by atomic mass is 9.94. The van der Waals surface area contributed by atoms with E-state index in [0.29, 0.717) is 16.6 Å². The van der Waals surface area contributed by atoms with E-state index in [1.54, 1.807) is 24.3 Å². The maximum atomic E-state index is 12.5. The number of nitrogens with one attached hydrogen (secondary N) is 1. The summed E-state index contributed by atoms with van der Waals surface area (Å²) in [6.45, 7) is 1.75.